The predicted octanol–water partition coefficient (Wildman–Crippen LogP) is 2.88. The molecule has 2 aromatic carbocycles. The van der Waals surface area contributed by atoms with E-state index < -0.39 is 17.8 Å². The lowest BCUT2D eigenvalue weighted by Gasteiger charge is -2.15. The van der Waals surface area contributed by atoms with Crippen LogP contribution in [0.5, 0.6) is 5.75 Å². The van der Waals surface area contributed by atoms with Crippen molar-refractivity contribution >= 4 is 11.6 Å². The number of nitrogens with one attached hydrogen (secondary N) is 2. The van der Waals surface area contributed by atoms with Crippen LogP contribution < -0.4 is 15.6 Å². The second-order valence-electron chi connectivity index (χ2n) is 4.34. The molecule has 0 heterocycles. The van der Waals surface area contributed by atoms with Gasteiger partial charge in [-0.3, -0.25) is 15.6 Å². The van der Waals surface area contributed by atoms with E-state index in [9.17, 15) is 13.6 Å². The van der Waals surface area contributed by atoms with Crippen LogP contribution in [-0.4, -0.2) is 12.0 Å². The van der Waals surface area contributed by atoms with Gasteiger partial charge in [0.15, 0.2) is 6.10 Å². The Morgan fingerprint density at radius 1 is 1.10 bits per heavy atom. The van der Waals surface area contributed by atoms with Crippen molar-refractivity contribution in [1.29, 1.82) is 0 Å². The van der Waals surface area contributed by atoms with Crippen molar-refractivity contribution in [2.24, 2.45) is 0 Å². The molecule has 6 heteroatoms. The Morgan fingerprint density at radius 3 is 2.48 bits per heavy atom. The first kappa shape index (κ1) is 14.8. The lowest BCUT2D eigenvalue weighted by atomic mass is 10.3. The molecule has 1 atom stereocenters. The Morgan fingerprint density at radius 2 is 1.81 bits per heavy atom. The Bertz CT molecular complexity index is 617. The normalized spacial score (nSPS) is 11.6. The molecule has 2 aromatic rings. The van der Waals surface area contributed by atoms with Gasteiger partial charge in [0.05, 0.1) is 5.69 Å². The number of benzene rings is 2. The highest BCUT2D eigenvalue weighted by molar-refractivity contribution is 5.81. The Kier molecular flexibility index (Phi) is 4.71. The number of hydrogen-bond donors (Lipinski definition) is 2. The third kappa shape index (κ3) is 4.45. The van der Waals surface area contributed by atoms with E-state index in [1.54, 1.807) is 6.07 Å². The van der Waals surface area contributed by atoms with E-state index in [0.717, 1.165) is 0 Å². The van der Waals surface area contributed by atoms with Crippen molar-refractivity contribution in [3.8, 4) is 5.75 Å². The Hall–Kier alpha value is -2.63. The molecule has 0 saturated carbocycles. The second-order valence-corrected chi connectivity index (χ2v) is 4.34. The number of carbonyl (C=O) groups is 1. The minimum atomic E-state index is -0.820. The molecule has 4 nitrogen and oxygen atoms in total. The number of hydrogen-bond acceptors (Lipinski definition) is 3. The molecule has 1 amide bonds. The number of ether oxygens (including phenoxy) is 1. The first-order chi connectivity index (χ1) is 10.0. The quantitative estimate of drug-likeness (QED) is 0.833. The van der Waals surface area contributed by atoms with E-state index in [-0.39, 0.29) is 11.6 Å². The first-order valence-corrected chi connectivity index (χ1v) is 6.28. The van der Waals surface area contributed by atoms with Gasteiger partial charge in [-0.05, 0) is 43.3 Å². The molecule has 0 aromatic heterocycles. The van der Waals surface area contributed by atoms with Gasteiger partial charge in [0.2, 0.25) is 0 Å². The van der Waals surface area contributed by atoms with E-state index in [4.69, 9.17) is 4.74 Å². The monoisotopic (exact) mass is 292 g/mol. The highest BCUT2D eigenvalue weighted by atomic mass is 19.1. The zero-order chi connectivity index (χ0) is 15.2. The molecule has 0 aliphatic heterocycles. The summed E-state index contributed by atoms with van der Waals surface area (Å²) in [7, 11) is 0. The van der Waals surface area contributed by atoms with Crippen LogP contribution in [0.4, 0.5) is 14.5 Å². The van der Waals surface area contributed by atoms with Gasteiger partial charge in [-0.1, -0.05) is 6.07 Å². The lowest BCUT2D eigenvalue weighted by Crippen LogP contribution is -2.39. The minimum Gasteiger partial charge on any atom is -0.481 e. The summed E-state index contributed by atoms with van der Waals surface area (Å²) in [5.74, 6) is -0.984. The third-order valence-electron chi connectivity index (χ3n) is 2.65. The Balaban J connectivity index is 1.86. The highest BCUT2D eigenvalue weighted by Gasteiger charge is 2.14. The average molecular weight is 292 g/mol. The molecule has 2 rings (SSSR count). The van der Waals surface area contributed by atoms with Crippen LogP contribution in [0.1, 0.15) is 6.92 Å². The SMILES string of the molecule is CC(Oc1cccc(F)c1)C(=O)NNc1ccc(F)cc1. The summed E-state index contributed by atoms with van der Waals surface area (Å²) in [5.41, 5.74) is 5.58. The van der Waals surface area contributed by atoms with Crippen molar-refractivity contribution in [3.05, 3.63) is 60.2 Å². The van der Waals surface area contributed by atoms with Gasteiger partial charge in [-0.25, -0.2) is 8.78 Å². The van der Waals surface area contributed by atoms with Crippen molar-refractivity contribution < 1.29 is 18.3 Å². The average Bonchev–Trinajstić information content (AvgIpc) is 2.46. The van der Waals surface area contributed by atoms with Crippen molar-refractivity contribution in [1.82, 2.24) is 5.43 Å². The maximum absolute atomic E-state index is 13.0. The molecule has 0 fully saturated rings. The van der Waals surface area contributed by atoms with Gasteiger partial charge in [0.25, 0.3) is 5.91 Å². The molecule has 2 N–H and O–H groups in total. The molecular weight excluding hydrogens is 278 g/mol. The summed E-state index contributed by atoms with van der Waals surface area (Å²) in [5, 5.41) is 0. The summed E-state index contributed by atoms with van der Waals surface area (Å²) in [6.07, 6.45) is -0.820. The van der Waals surface area contributed by atoms with Crippen LogP contribution >= 0.6 is 0 Å². The van der Waals surface area contributed by atoms with Crippen LogP contribution in [0.2, 0.25) is 0 Å². The minimum absolute atomic E-state index is 0.263. The molecule has 0 spiro atoms. The number of amides is 1. The van der Waals surface area contributed by atoms with E-state index in [1.807, 2.05) is 0 Å². The van der Waals surface area contributed by atoms with Crippen LogP contribution in [0.25, 0.3) is 0 Å². The lowest BCUT2D eigenvalue weighted by molar-refractivity contribution is -0.126. The number of rotatable bonds is 5. The number of anilines is 1. The van der Waals surface area contributed by atoms with E-state index >= 15 is 0 Å². The molecule has 110 valence electrons. The molecule has 0 aliphatic carbocycles. The summed E-state index contributed by atoms with van der Waals surface area (Å²) in [6.45, 7) is 1.53. The largest absolute Gasteiger partial charge is 0.481 e. The topological polar surface area (TPSA) is 50.4 Å². The fourth-order valence-corrected chi connectivity index (χ4v) is 1.57. The van der Waals surface area contributed by atoms with E-state index in [0.29, 0.717) is 5.69 Å². The standard InChI is InChI=1S/C15H14F2N2O2/c1-10(21-14-4-2-3-12(17)9-14)15(20)19-18-13-7-5-11(16)6-8-13/h2-10,18H,1H3,(H,19,20). The van der Waals surface area contributed by atoms with Gasteiger partial charge in [-0.15, -0.1) is 0 Å². The number of hydrazine groups is 1. The first-order valence-electron chi connectivity index (χ1n) is 6.28. The van der Waals surface area contributed by atoms with Crippen LogP contribution in [0.3, 0.4) is 0 Å². The summed E-state index contributed by atoms with van der Waals surface area (Å²) in [6, 6.07) is 11.0. The number of carbonyl (C=O) groups excluding carboxylic acids is 1. The fraction of sp³-hybridized carbons (Fsp3) is 0.133. The highest BCUT2D eigenvalue weighted by Crippen LogP contribution is 2.14. The third-order valence-corrected chi connectivity index (χ3v) is 2.65. The summed E-state index contributed by atoms with van der Waals surface area (Å²) < 4.78 is 31.0. The van der Waals surface area contributed by atoms with Gasteiger partial charge in [0, 0.05) is 6.07 Å². The van der Waals surface area contributed by atoms with Crippen LogP contribution in [-0.2, 0) is 4.79 Å². The summed E-state index contributed by atoms with van der Waals surface area (Å²) >= 11 is 0. The van der Waals surface area contributed by atoms with Gasteiger partial charge < -0.3 is 4.74 Å². The van der Waals surface area contributed by atoms with Crippen molar-refractivity contribution in [3.63, 3.8) is 0 Å². The second kappa shape index (κ2) is 6.69. The molecule has 0 radical (unpaired) electrons. The van der Waals surface area contributed by atoms with Crippen molar-refractivity contribution in [2.75, 3.05) is 5.43 Å². The smallest absolute Gasteiger partial charge is 0.279 e. The van der Waals surface area contributed by atoms with E-state index in [1.165, 1.54) is 49.4 Å². The maximum Gasteiger partial charge on any atom is 0.279 e. The molecular formula is C15H14F2N2O2. The number of halogens is 2. The van der Waals surface area contributed by atoms with Crippen LogP contribution in [0, 0.1) is 11.6 Å². The molecule has 0 saturated heterocycles. The van der Waals surface area contributed by atoms with Gasteiger partial charge >= 0.3 is 0 Å². The Labute approximate surface area is 120 Å². The fourth-order valence-electron chi connectivity index (χ4n) is 1.57. The van der Waals surface area contributed by atoms with Gasteiger partial charge in [-0.2, -0.15) is 0 Å². The molecule has 0 aliphatic rings. The zero-order valence-corrected chi connectivity index (χ0v) is 11.3. The van der Waals surface area contributed by atoms with Crippen molar-refractivity contribution in [2.45, 2.75) is 13.0 Å². The van der Waals surface area contributed by atoms with Gasteiger partial charge in [0.1, 0.15) is 17.4 Å². The maximum atomic E-state index is 13.0. The predicted molar refractivity (Wildman–Crippen MR) is 74.7 cm³/mol. The summed E-state index contributed by atoms with van der Waals surface area (Å²) in [4.78, 5) is 11.8. The molecule has 0 bridgehead atoms. The molecule has 1 unspecified atom stereocenters. The van der Waals surface area contributed by atoms with E-state index in [2.05, 4.69) is 10.9 Å². The van der Waals surface area contributed by atoms with Crippen LogP contribution in [0.15, 0.2) is 48.5 Å². The molecule has 21 heavy (non-hydrogen) atoms. The zero-order valence-electron chi connectivity index (χ0n) is 11.3.